The number of rotatable bonds is 2. The Kier molecular flexibility index (Phi) is 3.06. The van der Waals surface area contributed by atoms with Gasteiger partial charge in [-0.2, -0.15) is 0 Å². The zero-order valence-corrected chi connectivity index (χ0v) is 10.1. The van der Waals surface area contributed by atoms with Gasteiger partial charge in [0.2, 0.25) is 0 Å². The topological polar surface area (TPSA) is 38.5 Å². The maximum atomic E-state index is 6.07. The van der Waals surface area contributed by atoms with Crippen molar-refractivity contribution >= 4 is 5.69 Å². The van der Waals surface area contributed by atoms with Crippen molar-refractivity contribution in [3.63, 3.8) is 0 Å². The van der Waals surface area contributed by atoms with E-state index in [4.69, 9.17) is 10.5 Å². The van der Waals surface area contributed by atoms with Crippen molar-refractivity contribution < 1.29 is 4.74 Å². The van der Waals surface area contributed by atoms with Gasteiger partial charge >= 0.3 is 0 Å². The van der Waals surface area contributed by atoms with Crippen molar-refractivity contribution in [1.82, 2.24) is 4.90 Å². The van der Waals surface area contributed by atoms with E-state index < -0.39 is 0 Å². The maximum absolute atomic E-state index is 6.07. The summed E-state index contributed by atoms with van der Waals surface area (Å²) in [6, 6.07) is 7.67. The van der Waals surface area contributed by atoms with Gasteiger partial charge in [-0.05, 0) is 45.5 Å². The number of hydrogen-bond acceptors (Lipinski definition) is 3. The van der Waals surface area contributed by atoms with Gasteiger partial charge in [0.1, 0.15) is 11.4 Å². The first kappa shape index (κ1) is 11.3. The van der Waals surface area contributed by atoms with Gasteiger partial charge in [-0.15, -0.1) is 0 Å². The van der Waals surface area contributed by atoms with Crippen LogP contribution in [0.2, 0.25) is 0 Å². The van der Waals surface area contributed by atoms with Gasteiger partial charge in [-0.25, -0.2) is 0 Å². The normalized spacial score (nSPS) is 26.6. The molecule has 0 bridgehead atoms. The van der Waals surface area contributed by atoms with Gasteiger partial charge in [0.25, 0.3) is 0 Å². The Morgan fingerprint density at radius 1 is 1.44 bits per heavy atom. The van der Waals surface area contributed by atoms with E-state index in [1.165, 1.54) is 6.42 Å². The van der Waals surface area contributed by atoms with Crippen LogP contribution in [-0.2, 0) is 0 Å². The number of nitrogens with zero attached hydrogens (tertiary/aromatic N) is 1. The molecule has 0 aliphatic carbocycles. The fourth-order valence-electron chi connectivity index (χ4n) is 2.40. The molecule has 2 N–H and O–H groups in total. The number of ether oxygens (including phenoxy) is 1. The second-order valence-electron chi connectivity index (χ2n) is 4.97. The molecule has 1 heterocycles. The summed E-state index contributed by atoms with van der Waals surface area (Å²) in [5.41, 5.74) is 6.42. The molecule has 3 heteroatoms. The summed E-state index contributed by atoms with van der Waals surface area (Å²) in [6.45, 7) is 4.31. The summed E-state index contributed by atoms with van der Waals surface area (Å²) >= 11 is 0. The van der Waals surface area contributed by atoms with Crippen LogP contribution in [0.1, 0.15) is 19.8 Å². The molecule has 1 aliphatic rings. The third kappa shape index (κ3) is 2.67. The molecule has 3 nitrogen and oxygen atoms in total. The van der Waals surface area contributed by atoms with Crippen LogP contribution in [-0.4, -0.2) is 30.6 Å². The Labute approximate surface area is 97.2 Å². The van der Waals surface area contributed by atoms with Crippen LogP contribution in [0.4, 0.5) is 5.69 Å². The summed E-state index contributed by atoms with van der Waals surface area (Å²) in [6.07, 6.45) is 2.29. The number of hydrogen-bond donors (Lipinski definition) is 1. The smallest absolute Gasteiger partial charge is 0.122 e. The number of nitrogens with two attached hydrogens (primary N) is 1. The number of nitrogen functional groups attached to an aromatic ring is 1. The molecule has 88 valence electrons. The minimum atomic E-state index is -0.0825. The van der Waals surface area contributed by atoms with Crippen LogP contribution in [0.15, 0.2) is 24.3 Å². The van der Waals surface area contributed by atoms with Gasteiger partial charge in [-0.1, -0.05) is 6.07 Å². The number of anilines is 1. The number of piperidine rings is 1. The highest BCUT2D eigenvalue weighted by Crippen LogP contribution is 2.27. The Hall–Kier alpha value is -1.22. The van der Waals surface area contributed by atoms with E-state index in [2.05, 4.69) is 18.9 Å². The lowest BCUT2D eigenvalue weighted by Gasteiger charge is -2.39. The van der Waals surface area contributed by atoms with Crippen molar-refractivity contribution in [3.8, 4) is 5.75 Å². The Bertz CT molecular complexity index is 367. The molecule has 1 aromatic rings. The minimum Gasteiger partial charge on any atom is -0.486 e. The lowest BCUT2D eigenvalue weighted by Crippen LogP contribution is -2.48. The summed E-state index contributed by atoms with van der Waals surface area (Å²) < 4.78 is 6.07. The zero-order chi connectivity index (χ0) is 11.6. The van der Waals surface area contributed by atoms with Crippen molar-refractivity contribution in [2.45, 2.75) is 25.4 Å². The maximum Gasteiger partial charge on any atom is 0.122 e. The van der Waals surface area contributed by atoms with Crippen molar-refractivity contribution in [2.75, 3.05) is 25.9 Å². The minimum absolute atomic E-state index is 0.0825. The van der Waals surface area contributed by atoms with Gasteiger partial charge in [0, 0.05) is 18.3 Å². The van der Waals surface area contributed by atoms with E-state index in [0.29, 0.717) is 0 Å². The number of benzene rings is 1. The first-order valence-corrected chi connectivity index (χ1v) is 5.81. The predicted octanol–water partition coefficient (Wildman–Crippen LogP) is 2.13. The SMILES string of the molecule is CN1CCCC(C)(Oc2cccc(N)c2)C1. The molecule has 1 aliphatic heterocycles. The molecule has 1 unspecified atom stereocenters. The van der Waals surface area contributed by atoms with E-state index in [1.54, 1.807) is 0 Å². The third-order valence-electron chi connectivity index (χ3n) is 3.07. The van der Waals surface area contributed by atoms with Crippen molar-refractivity contribution in [1.29, 1.82) is 0 Å². The fourth-order valence-corrected chi connectivity index (χ4v) is 2.40. The van der Waals surface area contributed by atoms with Crippen LogP contribution in [0, 0.1) is 0 Å². The van der Waals surface area contributed by atoms with E-state index in [0.717, 1.165) is 30.9 Å². The second-order valence-corrected chi connectivity index (χ2v) is 4.97. The Balaban J connectivity index is 2.08. The van der Waals surface area contributed by atoms with Crippen LogP contribution < -0.4 is 10.5 Å². The van der Waals surface area contributed by atoms with Crippen molar-refractivity contribution in [3.05, 3.63) is 24.3 Å². The van der Waals surface area contributed by atoms with Crippen LogP contribution >= 0.6 is 0 Å². The van der Waals surface area contributed by atoms with Crippen molar-refractivity contribution in [2.24, 2.45) is 0 Å². The largest absolute Gasteiger partial charge is 0.486 e. The van der Waals surface area contributed by atoms with E-state index >= 15 is 0 Å². The molecule has 1 fully saturated rings. The van der Waals surface area contributed by atoms with Crippen LogP contribution in [0.25, 0.3) is 0 Å². The summed E-state index contributed by atoms with van der Waals surface area (Å²) in [7, 11) is 2.14. The van der Waals surface area contributed by atoms with E-state index in [1.807, 2.05) is 24.3 Å². The van der Waals surface area contributed by atoms with Crippen LogP contribution in [0.5, 0.6) is 5.75 Å². The first-order valence-electron chi connectivity index (χ1n) is 5.81. The van der Waals surface area contributed by atoms with E-state index in [-0.39, 0.29) is 5.60 Å². The van der Waals surface area contributed by atoms with Crippen LogP contribution in [0.3, 0.4) is 0 Å². The molecule has 1 atom stereocenters. The monoisotopic (exact) mass is 220 g/mol. The molecule has 0 saturated carbocycles. The molecular formula is C13H20N2O. The summed E-state index contributed by atoms with van der Waals surface area (Å²) in [5, 5.41) is 0. The highest BCUT2D eigenvalue weighted by molar-refractivity contribution is 5.43. The standard InChI is InChI=1S/C13H20N2O/c1-13(7-4-8-15(2)10-13)16-12-6-3-5-11(14)9-12/h3,5-6,9H,4,7-8,10,14H2,1-2H3. The Morgan fingerprint density at radius 3 is 2.94 bits per heavy atom. The molecule has 0 spiro atoms. The molecule has 1 aromatic carbocycles. The van der Waals surface area contributed by atoms with E-state index in [9.17, 15) is 0 Å². The summed E-state index contributed by atoms with van der Waals surface area (Å²) in [5.74, 6) is 0.873. The summed E-state index contributed by atoms with van der Waals surface area (Å²) in [4.78, 5) is 2.32. The quantitative estimate of drug-likeness (QED) is 0.776. The second kappa shape index (κ2) is 4.34. The number of likely N-dealkylation sites (N-methyl/N-ethyl adjacent to an activating group) is 1. The van der Waals surface area contributed by atoms with Gasteiger partial charge in [-0.3, -0.25) is 0 Å². The molecule has 1 saturated heterocycles. The third-order valence-corrected chi connectivity index (χ3v) is 3.07. The highest BCUT2D eigenvalue weighted by Gasteiger charge is 2.31. The lowest BCUT2D eigenvalue weighted by atomic mass is 9.95. The van der Waals surface area contributed by atoms with Gasteiger partial charge in [0.15, 0.2) is 0 Å². The first-order chi connectivity index (χ1) is 7.57. The lowest BCUT2D eigenvalue weighted by molar-refractivity contribution is 0.0156. The molecule has 0 aromatic heterocycles. The average Bonchev–Trinajstić information content (AvgIpc) is 2.16. The molecule has 0 radical (unpaired) electrons. The zero-order valence-electron chi connectivity index (χ0n) is 10.1. The molecule has 0 amide bonds. The van der Waals surface area contributed by atoms with Gasteiger partial charge < -0.3 is 15.4 Å². The predicted molar refractivity (Wildman–Crippen MR) is 66.6 cm³/mol. The van der Waals surface area contributed by atoms with Gasteiger partial charge in [0.05, 0.1) is 0 Å². The molecule has 16 heavy (non-hydrogen) atoms. The average molecular weight is 220 g/mol. The molecular weight excluding hydrogens is 200 g/mol. The number of likely N-dealkylation sites (tertiary alicyclic amines) is 1. The molecule has 2 rings (SSSR count). The Morgan fingerprint density at radius 2 is 2.25 bits per heavy atom. The fraction of sp³-hybridized carbons (Fsp3) is 0.538. The highest BCUT2D eigenvalue weighted by atomic mass is 16.5.